The molecule has 0 fully saturated rings. The first-order valence-electron chi connectivity index (χ1n) is 12.7. The van der Waals surface area contributed by atoms with Crippen LogP contribution in [0.25, 0.3) is 11.0 Å². The van der Waals surface area contributed by atoms with Crippen molar-refractivity contribution in [2.75, 3.05) is 13.2 Å². The Labute approximate surface area is 240 Å². The third-order valence-corrected chi connectivity index (χ3v) is 5.55. The number of allylic oxidation sites excluding steroid dienone is 2. The van der Waals surface area contributed by atoms with Crippen LogP contribution in [0.1, 0.15) is 15.9 Å². The Morgan fingerprint density at radius 3 is 2.24 bits per heavy atom. The number of fused-ring (bicyclic) bond motifs is 1. The third-order valence-electron chi connectivity index (χ3n) is 5.55. The SMILES string of the molecule is C=CC(=O)OCCOc1ccc(N=Nc2ccc(C(=O)OC=CC=COc3ccc4c(C)cc(=O)oc4c3)cc2)cc1. The van der Waals surface area contributed by atoms with Crippen LogP contribution in [0.15, 0.2) is 130 Å². The van der Waals surface area contributed by atoms with Crippen molar-refractivity contribution in [3.05, 3.63) is 132 Å². The van der Waals surface area contributed by atoms with Crippen LogP contribution in [-0.2, 0) is 14.3 Å². The van der Waals surface area contributed by atoms with Gasteiger partial charge in [-0.1, -0.05) is 6.58 Å². The molecule has 0 aliphatic rings. The van der Waals surface area contributed by atoms with E-state index < -0.39 is 17.6 Å². The van der Waals surface area contributed by atoms with Crippen LogP contribution in [-0.4, -0.2) is 25.2 Å². The zero-order valence-corrected chi connectivity index (χ0v) is 22.6. The molecule has 1 aromatic heterocycles. The third kappa shape index (κ3) is 8.62. The molecule has 0 aliphatic carbocycles. The van der Waals surface area contributed by atoms with Crippen LogP contribution in [0.2, 0.25) is 0 Å². The Hall–Kier alpha value is -5.77. The highest BCUT2D eigenvalue weighted by Gasteiger charge is 2.06. The summed E-state index contributed by atoms with van der Waals surface area (Å²) in [5.74, 6) is 0.0413. The molecule has 4 rings (SSSR count). The van der Waals surface area contributed by atoms with E-state index in [9.17, 15) is 14.4 Å². The number of nitrogens with zero attached hydrogens (tertiary/aromatic N) is 2. The summed E-state index contributed by atoms with van der Waals surface area (Å²) in [6.07, 6.45) is 6.78. The Balaban J connectivity index is 1.21. The fourth-order valence-electron chi connectivity index (χ4n) is 3.51. The number of benzene rings is 3. The van der Waals surface area contributed by atoms with Crippen LogP contribution < -0.4 is 15.1 Å². The highest BCUT2D eigenvalue weighted by Crippen LogP contribution is 2.23. The lowest BCUT2D eigenvalue weighted by Gasteiger charge is -2.06. The van der Waals surface area contributed by atoms with Crippen LogP contribution in [0.5, 0.6) is 11.5 Å². The Morgan fingerprint density at radius 1 is 0.857 bits per heavy atom. The van der Waals surface area contributed by atoms with Gasteiger partial charge in [0.2, 0.25) is 0 Å². The van der Waals surface area contributed by atoms with Crippen molar-refractivity contribution >= 4 is 34.3 Å². The fraction of sp³-hybridized carbons (Fsp3) is 0.0938. The summed E-state index contributed by atoms with van der Waals surface area (Å²) in [7, 11) is 0. The minimum absolute atomic E-state index is 0.119. The largest absolute Gasteiger partial charge is 0.490 e. The van der Waals surface area contributed by atoms with E-state index in [0.717, 1.165) is 17.0 Å². The lowest BCUT2D eigenvalue weighted by Crippen LogP contribution is -2.09. The number of hydrogen-bond donors (Lipinski definition) is 0. The van der Waals surface area contributed by atoms with Gasteiger partial charge in [0.15, 0.2) is 0 Å². The normalized spacial score (nSPS) is 11.3. The van der Waals surface area contributed by atoms with Crippen molar-refractivity contribution in [2.24, 2.45) is 10.2 Å². The number of ether oxygens (including phenoxy) is 4. The van der Waals surface area contributed by atoms with E-state index in [1.54, 1.807) is 66.7 Å². The Kier molecular flexibility index (Phi) is 10.1. The fourth-order valence-corrected chi connectivity index (χ4v) is 3.51. The van der Waals surface area contributed by atoms with Gasteiger partial charge in [0.1, 0.15) is 30.3 Å². The number of carbonyl (C=O) groups excluding carboxylic acids is 2. The standard InChI is InChI=1S/C32H26N2O8/c1-3-30(35)40-19-18-39-26-12-10-25(11-13-26)34-33-24-8-6-23(7-9-24)32(37)41-17-5-4-16-38-27-14-15-28-22(2)20-31(36)42-29(28)21-27/h3-17,20-21H,1,18-19H2,2H3. The molecule has 0 atom stereocenters. The van der Waals surface area contributed by atoms with Crippen molar-refractivity contribution in [1.29, 1.82) is 0 Å². The summed E-state index contributed by atoms with van der Waals surface area (Å²) in [6.45, 7) is 5.49. The molecule has 1 heterocycles. The van der Waals surface area contributed by atoms with Gasteiger partial charge in [-0.3, -0.25) is 0 Å². The van der Waals surface area contributed by atoms with E-state index in [-0.39, 0.29) is 13.2 Å². The number of esters is 2. The molecule has 4 aromatic rings. The summed E-state index contributed by atoms with van der Waals surface area (Å²) in [6, 6.07) is 20.0. The first-order chi connectivity index (χ1) is 20.4. The number of aryl methyl sites for hydroxylation is 1. The summed E-state index contributed by atoms with van der Waals surface area (Å²) >= 11 is 0. The lowest BCUT2D eigenvalue weighted by atomic mass is 10.1. The van der Waals surface area contributed by atoms with Crippen molar-refractivity contribution in [2.45, 2.75) is 6.92 Å². The summed E-state index contributed by atoms with van der Waals surface area (Å²) < 4.78 is 26.2. The van der Waals surface area contributed by atoms with Gasteiger partial charge in [0.05, 0.1) is 29.5 Å². The van der Waals surface area contributed by atoms with Crippen LogP contribution in [0.3, 0.4) is 0 Å². The monoisotopic (exact) mass is 566 g/mol. The van der Waals surface area contributed by atoms with E-state index in [1.165, 1.54) is 24.7 Å². The Bertz CT molecular complexity index is 1700. The van der Waals surface area contributed by atoms with Gasteiger partial charge in [0, 0.05) is 23.6 Å². The molecule has 0 aliphatic heterocycles. The molecule has 0 bridgehead atoms. The van der Waals surface area contributed by atoms with Gasteiger partial charge in [-0.25, -0.2) is 14.4 Å². The highest BCUT2D eigenvalue weighted by molar-refractivity contribution is 5.90. The van der Waals surface area contributed by atoms with E-state index >= 15 is 0 Å². The molecule has 0 radical (unpaired) electrons. The van der Waals surface area contributed by atoms with Gasteiger partial charge in [-0.2, -0.15) is 10.2 Å². The second-order valence-corrected chi connectivity index (χ2v) is 8.55. The molecule has 42 heavy (non-hydrogen) atoms. The van der Waals surface area contributed by atoms with Crippen LogP contribution in [0, 0.1) is 6.92 Å². The lowest BCUT2D eigenvalue weighted by molar-refractivity contribution is -0.138. The highest BCUT2D eigenvalue weighted by atomic mass is 16.6. The molecular weight excluding hydrogens is 540 g/mol. The van der Waals surface area contributed by atoms with Crippen LogP contribution >= 0.6 is 0 Å². The maximum absolute atomic E-state index is 12.3. The molecule has 0 saturated carbocycles. The van der Waals surface area contributed by atoms with E-state index in [0.29, 0.717) is 34.0 Å². The molecule has 0 spiro atoms. The molecule has 0 saturated heterocycles. The van der Waals surface area contributed by atoms with Crippen molar-refractivity contribution in [3.8, 4) is 11.5 Å². The first-order valence-corrected chi connectivity index (χ1v) is 12.7. The molecule has 212 valence electrons. The van der Waals surface area contributed by atoms with Crippen molar-refractivity contribution in [1.82, 2.24) is 0 Å². The number of hydrogen-bond acceptors (Lipinski definition) is 10. The first kappa shape index (κ1) is 29.2. The Morgan fingerprint density at radius 2 is 1.52 bits per heavy atom. The summed E-state index contributed by atoms with van der Waals surface area (Å²) in [5, 5.41) is 9.16. The minimum atomic E-state index is -0.543. The molecule has 0 N–H and O–H groups in total. The topological polar surface area (TPSA) is 126 Å². The van der Waals surface area contributed by atoms with E-state index in [2.05, 4.69) is 16.8 Å². The van der Waals surface area contributed by atoms with E-state index in [1.807, 2.05) is 13.0 Å². The van der Waals surface area contributed by atoms with Gasteiger partial charge in [-0.15, -0.1) is 0 Å². The predicted octanol–water partition coefficient (Wildman–Crippen LogP) is 6.89. The van der Waals surface area contributed by atoms with Gasteiger partial charge in [0.25, 0.3) is 0 Å². The second kappa shape index (κ2) is 14.6. The van der Waals surface area contributed by atoms with Crippen LogP contribution in [0.4, 0.5) is 11.4 Å². The minimum Gasteiger partial charge on any atom is -0.490 e. The van der Waals surface area contributed by atoms with E-state index in [4.69, 9.17) is 23.4 Å². The number of azo groups is 1. The van der Waals surface area contributed by atoms with Gasteiger partial charge < -0.3 is 23.4 Å². The zero-order chi connectivity index (χ0) is 29.7. The predicted molar refractivity (Wildman–Crippen MR) is 155 cm³/mol. The molecule has 10 heteroatoms. The second-order valence-electron chi connectivity index (χ2n) is 8.55. The molecule has 0 unspecified atom stereocenters. The number of rotatable bonds is 12. The van der Waals surface area contributed by atoms with Gasteiger partial charge >= 0.3 is 17.6 Å². The molecule has 3 aromatic carbocycles. The molecule has 10 nitrogen and oxygen atoms in total. The molecular formula is C32H26N2O8. The van der Waals surface area contributed by atoms with Gasteiger partial charge in [-0.05, 0) is 85.3 Å². The molecule has 0 amide bonds. The summed E-state index contributed by atoms with van der Waals surface area (Å²) in [5.41, 5.74) is 2.33. The van der Waals surface area contributed by atoms with Crippen molar-refractivity contribution in [3.63, 3.8) is 0 Å². The average molecular weight is 567 g/mol. The van der Waals surface area contributed by atoms with Crippen molar-refractivity contribution < 1.29 is 33.0 Å². The average Bonchev–Trinajstić information content (AvgIpc) is 3.00. The summed E-state index contributed by atoms with van der Waals surface area (Å²) in [4.78, 5) is 34.9. The quantitative estimate of drug-likeness (QED) is 0.0345. The smallest absolute Gasteiger partial charge is 0.342 e. The maximum Gasteiger partial charge on any atom is 0.342 e. The number of carbonyl (C=O) groups is 2. The zero-order valence-electron chi connectivity index (χ0n) is 22.6. The maximum atomic E-state index is 12.3.